The number of rotatable bonds is 3. The van der Waals surface area contributed by atoms with E-state index < -0.39 is 0 Å². The lowest BCUT2D eigenvalue weighted by molar-refractivity contribution is 0.321. The van der Waals surface area contributed by atoms with E-state index in [4.69, 9.17) is 4.99 Å². The van der Waals surface area contributed by atoms with Gasteiger partial charge in [-0.25, -0.2) is 0 Å². The minimum atomic E-state index is 0.0494. The summed E-state index contributed by atoms with van der Waals surface area (Å²) in [6.45, 7) is 3.30. The van der Waals surface area contributed by atoms with Crippen molar-refractivity contribution >= 4 is 38.5 Å². The summed E-state index contributed by atoms with van der Waals surface area (Å²) in [5.41, 5.74) is 3.50. The molecule has 4 rings (SSSR count). The summed E-state index contributed by atoms with van der Waals surface area (Å²) in [6.07, 6.45) is 1.86. The number of anilines is 1. The Bertz CT molecular complexity index is 808. The second-order valence-electron chi connectivity index (χ2n) is 6.74. The van der Waals surface area contributed by atoms with Crippen molar-refractivity contribution in [3.63, 3.8) is 0 Å². The second kappa shape index (κ2) is 6.65. The van der Waals surface area contributed by atoms with Crippen LogP contribution >= 0.6 is 27.7 Å². The highest BCUT2D eigenvalue weighted by Gasteiger charge is 2.43. The minimum absolute atomic E-state index is 0.0494. The van der Waals surface area contributed by atoms with Gasteiger partial charge in [-0.3, -0.25) is 9.98 Å². The number of nitrogens with zero attached hydrogens (tertiary/aromatic N) is 4. The first-order valence-corrected chi connectivity index (χ1v) is 10.1. The Labute approximate surface area is 161 Å². The standard InChI is InChI=1S/C19H21BrN4S/c1-12-11-24-18(13-7-8-16(23(2)3)14(20)10-13)17(22-19(24)25-12)15-6-4-5-9-21-15/h4-10,12,17-18H,11H2,1-3H3/t12-,17+,18+/m1/s1. The van der Waals surface area contributed by atoms with Gasteiger partial charge in [0.1, 0.15) is 6.04 Å². The highest BCUT2D eigenvalue weighted by molar-refractivity contribution is 9.10. The van der Waals surface area contributed by atoms with Crippen LogP contribution in [0.25, 0.3) is 0 Å². The molecule has 1 aromatic carbocycles. The molecule has 6 heteroatoms. The van der Waals surface area contributed by atoms with E-state index in [-0.39, 0.29) is 12.1 Å². The molecule has 0 N–H and O–H groups in total. The van der Waals surface area contributed by atoms with Crippen molar-refractivity contribution in [1.82, 2.24) is 9.88 Å². The smallest absolute Gasteiger partial charge is 0.160 e. The molecule has 0 bridgehead atoms. The van der Waals surface area contributed by atoms with E-state index in [1.165, 1.54) is 11.3 Å². The van der Waals surface area contributed by atoms with Crippen molar-refractivity contribution in [3.8, 4) is 0 Å². The van der Waals surface area contributed by atoms with Gasteiger partial charge in [0.15, 0.2) is 5.17 Å². The summed E-state index contributed by atoms with van der Waals surface area (Å²) in [4.78, 5) is 14.2. The van der Waals surface area contributed by atoms with Crippen molar-refractivity contribution in [2.45, 2.75) is 24.3 Å². The summed E-state index contributed by atoms with van der Waals surface area (Å²) < 4.78 is 1.11. The molecule has 2 aliphatic heterocycles. The van der Waals surface area contributed by atoms with Crippen molar-refractivity contribution in [2.75, 3.05) is 25.5 Å². The normalized spacial score (nSPS) is 25.0. The summed E-state index contributed by atoms with van der Waals surface area (Å²) in [7, 11) is 4.12. The van der Waals surface area contributed by atoms with E-state index in [1.807, 2.05) is 30.1 Å². The van der Waals surface area contributed by atoms with Gasteiger partial charge in [-0.1, -0.05) is 30.8 Å². The average molecular weight is 417 g/mol. The molecule has 1 saturated heterocycles. The fourth-order valence-electron chi connectivity index (χ4n) is 3.55. The summed E-state index contributed by atoms with van der Waals surface area (Å²) in [5.74, 6) is 0. The highest BCUT2D eigenvalue weighted by Crippen LogP contribution is 2.48. The third kappa shape index (κ3) is 3.06. The monoisotopic (exact) mass is 416 g/mol. The van der Waals surface area contributed by atoms with E-state index >= 15 is 0 Å². The van der Waals surface area contributed by atoms with Crippen LogP contribution in [0.15, 0.2) is 52.1 Å². The molecule has 0 radical (unpaired) electrons. The first-order chi connectivity index (χ1) is 12.0. The molecule has 130 valence electrons. The quantitative estimate of drug-likeness (QED) is 0.736. The van der Waals surface area contributed by atoms with Crippen LogP contribution in [0.3, 0.4) is 0 Å². The fourth-order valence-corrected chi connectivity index (χ4v) is 5.39. The molecule has 2 aromatic rings. The Balaban J connectivity index is 1.76. The van der Waals surface area contributed by atoms with Gasteiger partial charge in [-0.2, -0.15) is 0 Å². The molecule has 2 aliphatic rings. The molecule has 3 heterocycles. The van der Waals surface area contributed by atoms with Crippen molar-refractivity contribution < 1.29 is 0 Å². The van der Waals surface area contributed by atoms with Crippen LogP contribution in [0.2, 0.25) is 0 Å². The summed E-state index contributed by atoms with van der Waals surface area (Å²) >= 11 is 5.61. The van der Waals surface area contributed by atoms with Crippen molar-refractivity contribution in [2.24, 2.45) is 4.99 Å². The van der Waals surface area contributed by atoms with E-state index in [9.17, 15) is 0 Å². The van der Waals surface area contributed by atoms with Crippen LogP contribution in [-0.4, -0.2) is 40.9 Å². The van der Waals surface area contributed by atoms with Crippen LogP contribution in [0.5, 0.6) is 0 Å². The zero-order valence-electron chi connectivity index (χ0n) is 14.6. The van der Waals surface area contributed by atoms with E-state index in [2.05, 4.69) is 76.0 Å². The van der Waals surface area contributed by atoms with Gasteiger partial charge >= 0.3 is 0 Å². The lowest BCUT2D eigenvalue weighted by atomic mass is 9.96. The number of thioether (sulfide) groups is 1. The molecule has 0 saturated carbocycles. The molecular formula is C19H21BrN4S. The van der Waals surface area contributed by atoms with Gasteiger partial charge in [-0.05, 0) is 45.8 Å². The van der Waals surface area contributed by atoms with Crippen LogP contribution in [0.4, 0.5) is 5.69 Å². The van der Waals surface area contributed by atoms with Gasteiger partial charge in [-0.15, -0.1) is 0 Å². The molecule has 25 heavy (non-hydrogen) atoms. The number of aliphatic imine (C=N–C) groups is 1. The first-order valence-electron chi connectivity index (χ1n) is 8.43. The number of pyridine rings is 1. The van der Waals surface area contributed by atoms with Gasteiger partial charge in [0.05, 0.1) is 17.4 Å². The Hall–Kier alpha value is -1.53. The third-order valence-corrected chi connectivity index (χ3v) is 6.41. The number of halogens is 1. The lowest BCUT2D eigenvalue weighted by Gasteiger charge is -2.28. The number of hydrogen-bond donors (Lipinski definition) is 0. The third-order valence-electron chi connectivity index (χ3n) is 4.68. The van der Waals surface area contributed by atoms with Gasteiger partial charge in [0.25, 0.3) is 0 Å². The van der Waals surface area contributed by atoms with Crippen molar-refractivity contribution in [3.05, 3.63) is 58.3 Å². The first kappa shape index (κ1) is 16.9. The number of aromatic nitrogens is 1. The Morgan fingerprint density at radius 2 is 2.08 bits per heavy atom. The van der Waals surface area contributed by atoms with Crippen molar-refractivity contribution in [1.29, 1.82) is 0 Å². The topological polar surface area (TPSA) is 31.7 Å². The Morgan fingerprint density at radius 3 is 2.76 bits per heavy atom. The molecule has 0 unspecified atom stereocenters. The number of fused-ring (bicyclic) bond motifs is 1. The molecule has 0 spiro atoms. The van der Waals surface area contributed by atoms with Crippen LogP contribution in [0.1, 0.15) is 30.3 Å². The molecule has 0 amide bonds. The molecule has 3 atom stereocenters. The molecular weight excluding hydrogens is 396 g/mol. The van der Waals surface area contributed by atoms with Crippen LogP contribution < -0.4 is 4.90 Å². The van der Waals surface area contributed by atoms with Gasteiger partial charge in [0, 0.05) is 36.6 Å². The maximum Gasteiger partial charge on any atom is 0.160 e. The fraction of sp³-hybridized carbons (Fsp3) is 0.368. The maximum atomic E-state index is 5.03. The molecule has 0 aliphatic carbocycles. The van der Waals surface area contributed by atoms with E-state index in [0.717, 1.165) is 21.9 Å². The SMILES string of the molecule is C[C@@H]1CN2C(=N[C@@H](c3ccccn3)[C@@H]2c2ccc(N(C)C)c(Br)c2)S1. The Morgan fingerprint density at radius 1 is 1.24 bits per heavy atom. The number of amidine groups is 1. The largest absolute Gasteiger partial charge is 0.377 e. The number of benzene rings is 1. The number of hydrogen-bond acceptors (Lipinski definition) is 5. The minimum Gasteiger partial charge on any atom is -0.377 e. The zero-order chi connectivity index (χ0) is 17.6. The predicted octanol–water partition coefficient (Wildman–Crippen LogP) is 4.50. The maximum absolute atomic E-state index is 5.03. The van der Waals surface area contributed by atoms with E-state index in [0.29, 0.717) is 5.25 Å². The Kier molecular flexibility index (Phi) is 4.50. The average Bonchev–Trinajstić information content (AvgIpc) is 3.11. The summed E-state index contributed by atoms with van der Waals surface area (Å²) in [6, 6.07) is 13.0. The van der Waals surface area contributed by atoms with Crippen LogP contribution in [-0.2, 0) is 0 Å². The predicted molar refractivity (Wildman–Crippen MR) is 109 cm³/mol. The van der Waals surface area contributed by atoms with Crippen LogP contribution in [0, 0.1) is 0 Å². The van der Waals surface area contributed by atoms with E-state index in [1.54, 1.807) is 0 Å². The molecule has 1 aromatic heterocycles. The molecule has 1 fully saturated rings. The molecule has 4 nitrogen and oxygen atoms in total. The lowest BCUT2D eigenvalue weighted by Crippen LogP contribution is -2.28. The second-order valence-corrected chi connectivity index (χ2v) is 9.00. The van der Waals surface area contributed by atoms with Gasteiger partial charge < -0.3 is 9.80 Å². The highest BCUT2D eigenvalue weighted by atomic mass is 79.9. The summed E-state index contributed by atoms with van der Waals surface area (Å²) in [5, 5.41) is 1.73. The van der Waals surface area contributed by atoms with Gasteiger partial charge in [0.2, 0.25) is 0 Å². The zero-order valence-corrected chi connectivity index (χ0v) is 17.0.